The number of benzene rings is 2. The predicted octanol–water partition coefficient (Wildman–Crippen LogP) is 3.98. The van der Waals surface area contributed by atoms with Gasteiger partial charge in [-0.15, -0.1) is 0 Å². The van der Waals surface area contributed by atoms with E-state index in [1.54, 1.807) is 0 Å². The molecule has 3 N–H and O–H groups in total. The molecule has 2 nitrogen and oxygen atoms in total. The van der Waals surface area contributed by atoms with Crippen molar-refractivity contribution in [3.8, 4) is 0 Å². The van der Waals surface area contributed by atoms with Crippen LogP contribution in [0.15, 0.2) is 42.5 Å². The molecule has 0 saturated carbocycles. The largest absolute Gasteiger partial charge is 0.389 e. The average Bonchev–Trinajstić information content (AvgIpc) is 2.31. The Balaban J connectivity index is 2.27. The van der Waals surface area contributed by atoms with Gasteiger partial charge in [0, 0.05) is 20.5 Å². The average molecular weight is 368 g/mol. The van der Waals surface area contributed by atoms with E-state index in [0.717, 1.165) is 22.5 Å². The molecule has 0 heterocycles. The highest BCUT2D eigenvalue weighted by Gasteiger charge is 2.02. The van der Waals surface area contributed by atoms with E-state index in [-0.39, 0.29) is 0 Å². The minimum absolute atomic E-state index is 0.430. The monoisotopic (exact) mass is 368 g/mol. The zero-order valence-electron chi connectivity index (χ0n) is 9.91. The van der Waals surface area contributed by atoms with E-state index in [4.69, 9.17) is 18.0 Å². The lowest BCUT2D eigenvalue weighted by Crippen LogP contribution is -2.09. The smallest absolute Gasteiger partial charge is 0.103 e. The third-order valence-electron chi connectivity index (χ3n) is 2.61. The number of aryl methyl sites for hydroxylation is 1. The van der Waals surface area contributed by atoms with Crippen LogP contribution in [0.5, 0.6) is 0 Å². The van der Waals surface area contributed by atoms with Crippen molar-refractivity contribution in [3.05, 3.63) is 57.2 Å². The summed E-state index contributed by atoms with van der Waals surface area (Å²) in [5.74, 6) is 0. The molecule has 18 heavy (non-hydrogen) atoms. The number of rotatable bonds is 3. The van der Waals surface area contributed by atoms with Gasteiger partial charge in [-0.05, 0) is 71.5 Å². The summed E-state index contributed by atoms with van der Waals surface area (Å²) >= 11 is 7.27. The Kier molecular flexibility index (Phi) is 4.19. The fraction of sp³-hybridized carbons (Fsp3) is 0.0714. The van der Waals surface area contributed by atoms with Gasteiger partial charge in [0.2, 0.25) is 0 Å². The van der Waals surface area contributed by atoms with Crippen LogP contribution in [-0.2, 0) is 0 Å². The van der Waals surface area contributed by atoms with E-state index in [0.29, 0.717) is 4.99 Å². The van der Waals surface area contributed by atoms with Gasteiger partial charge >= 0.3 is 0 Å². The topological polar surface area (TPSA) is 38.0 Å². The van der Waals surface area contributed by atoms with Crippen molar-refractivity contribution in [1.82, 2.24) is 0 Å². The summed E-state index contributed by atoms with van der Waals surface area (Å²) in [5, 5.41) is 3.39. The number of nitrogens with one attached hydrogen (secondary N) is 1. The first-order chi connectivity index (χ1) is 8.56. The Morgan fingerprint density at radius 1 is 1.22 bits per heavy atom. The van der Waals surface area contributed by atoms with Gasteiger partial charge in [0.1, 0.15) is 4.99 Å². The lowest BCUT2D eigenvalue weighted by atomic mass is 10.1. The zero-order chi connectivity index (χ0) is 13.1. The Hall–Kier alpha value is -1.14. The van der Waals surface area contributed by atoms with Crippen molar-refractivity contribution in [3.63, 3.8) is 0 Å². The van der Waals surface area contributed by atoms with Crippen molar-refractivity contribution >= 4 is 51.2 Å². The summed E-state index contributed by atoms with van der Waals surface area (Å²) in [5.41, 5.74) is 9.78. The molecule has 2 aromatic carbocycles. The van der Waals surface area contributed by atoms with E-state index in [2.05, 4.69) is 40.0 Å². The lowest BCUT2D eigenvalue weighted by molar-refractivity contribution is 1.42. The Morgan fingerprint density at radius 2 is 2.00 bits per heavy atom. The fourth-order valence-corrected chi connectivity index (χ4v) is 2.35. The second-order valence-electron chi connectivity index (χ2n) is 4.03. The predicted molar refractivity (Wildman–Crippen MR) is 89.5 cm³/mol. The van der Waals surface area contributed by atoms with Crippen LogP contribution < -0.4 is 11.1 Å². The number of anilines is 2. The molecule has 0 aliphatic carbocycles. The first-order valence-corrected chi connectivity index (χ1v) is 6.98. The molecular weight excluding hydrogens is 355 g/mol. The molecule has 0 aliphatic rings. The molecule has 0 fully saturated rings. The molecule has 2 aromatic rings. The summed E-state index contributed by atoms with van der Waals surface area (Å²) in [7, 11) is 0. The standard InChI is InChI=1S/C14H13IN2S/c1-9-7-10(14(16)18)5-6-13(9)17-12-4-2-3-11(15)8-12/h2-8,17H,1H3,(H2,16,18). The third-order valence-corrected chi connectivity index (χ3v) is 3.52. The van der Waals surface area contributed by atoms with E-state index in [9.17, 15) is 0 Å². The van der Waals surface area contributed by atoms with Crippen molar-refractivity contribution in [2.45, 2.75) is 6.92 Å². The molecule has 0 atom stereocenters. The maximum Gasteiger partial charge on any atom is 0.103 e. The van der Waals surface area contributed by atoms with Gasteiger partial charge in [0.25, 0.3) is 0 Å². The molecule has 0 aromatic heterocycles. The molecule has 0 radical (unpaired) electrons. The first-order valence-electron chi connectivity index (χ1n) is 5.49. The van der Waals surface area contributed by atoms with Gasteiger partial charge in [-0.3, -0.25) is 0 Å². The molecular formula is C14H13IN2S. The van der Waals surface area contributed by atoms with E-state index >= 15 is 0 Å². The maximum atomic E-state index is 5.62. The summed E-state index contributed by atoms with van der Waals surface area (Å²) in [4.78, 5) is 0.430. The van der Waals surface area contributed by atoms with Crippen molar-refractivity contribution in [2.24, 2.45) is 5.73 Å². The SMILES string of the molecule is Cc1cc(C(N)=S)ccc1Nc1cccc(I)c1. The van der Waals surface area contributed by atoms with Crippen LogP contribution in [-0.4, -0.2) is 4.99 Å². The minimum atomic E-state index is 0.430. The van der Waals surface area contributed by atoms with E-state index < -0.39 is 0 Å². The van der Waals surface area contributed by atoms with E-state index in [1.807, 2.05) is 37.3 Å². The lowest BCUT2D eigenvalue weighted by Gasteiger charge is -2.11. The van der Waals surface area contributed by atoms with Crippen LogP contribution in [0.25, 0.3) is 0 Å². The first kappa shape index (κ1) is 13.3. The highest BCUT2D eigenvalue weighted by Crippen LogP contribution is 2.22. The molecule has 2 rings (SSSR count). The zero-order valence-corrected chi connectivity index (χ0v) is 12.9. The molecule has 0 spiro atoms. The molecule has 0 bridgehead atoms. The molecule has 4 heteroatoms. The molecule has 0 unspecified atom stereocenters. The number of hydrogen-bond donors (Lipinski definition) is 2. The Labute approximate surface area is 126 Å². The van der Waals surface area contributed by atoms with Crippen LogP contribution in [0.3, 0.4) is 0 Å². The molecule has 0 saturated heterocycles. The van der Waals surface area contributed by atoms with Gasteiger partial charge in [-0.25, -0.2) is 0 Å². The minimum Gasteiger partial charge on any atom is -0.389 e. The van der Waals surface area contributed by atoms with Crippen LogP contribution in [0, 0.1) is 10.5 Å². The normalized spacial score (nSPS) is 10.1. The highest BCUT2D eigenvalue weighted by molar-refractivity contribution is 14.1. The van der Waals surface area contributed by atoms with Crippen LogP contribution in [0.4, 0.5) is 11.4 Å². The van der Waals surface area contributed by atoms with Gasteiger partial charge in [-0.1, -0.05) is 18.3 Å². The molecule has 0 aliphatic heterocycles. The number of thiocarbonyl (C=S) groups is 1. The number of hydrogen-bond acceptors (Lipinski definition) is 2. The quantitative estimate of drug-likeness (QED) is 0.636. The van der Waals surface area contributed by atoms with Crippen molar-refractivity contribution in [2.75, 3.05) is 5.32 Å². The highest BCUT2D eigenvalue weighted by atomic mass is 127. The van der Waals surface area contributed by atoms with Crippen LogP contribution in [0.1, 0.15) is 11.1 Å². The number of halogens is 1. The Morgan fingerprint density at radius 3 is 2.61 bits per heavy atom. The molecule has 92 valence electrons. The number of nitrogens with two attached hydrogens (primary N) is 1. The fourth-order valence-electron chi connectivity index (χ4n) is 1.68. The van der Waals surface area contributed by atoms with Gasteiger partial charge in [0.15, 0.2) is 0 Å². The van der Waals surface area contributed by atoms with Crippen molar-refractivity contribution < 1.29 is 0 Å². The Bertz CT molecular complexity index is 596. The van der Waals surface area contributed by atoms with Crippen LogP contribution in [0.2, 0.25) is 0 Å². The summed E-state index contributed by atoms with van der Waals surface area (Å²) in [6, 6.07) is 14.2. The third kappa shape index (κ3) is 3.20. The van der Waals surface area contributed by atoms with Crippen LogP contribution >= 0.6 is 34.8 Å². The van der Waals surface area contributed by atoms with Gasteiger partial charge < -0.3 is 11.1 Å². The van der Waals surface area contributed by atoms with E-state index in [1.165, 1.54) is 3.57 Å². The maximum absolute atomic E-state index is 5.62. The van der Waals surface area contributed by atoms with Gasteiger partial charge in [0.05, 0.1) is 0 Å². The van der Waals surface area contributed by atoms with Crippen molar-refractivity contribution in [1.29, 1.82) is 0 Å². The summed E-state index contributed by atoms with van der Waals surface area (Å²) in [6.45, 7) is 2.04. The summed E-state index contributed by atoms with van der Waals surface area (Å²) < 4.78 is 1.20. The second-order valence-corrected chi connectivity index (χ2v) is 5.71. The summed E-state index contributed by atoms with van der Waals surface area (Å²) in [6.07, 6.45) is 0. The van der Waals surface area contributed by atoms with Gasteiger partial charge in [-0.2, -0.15) is 0 Å². The second kappa shape index (κ2) is 5.67. The molecule has 0 amide bonds.